The highest BCUT2D eigenvalue weighted by molar-refractivity contribution is 8.19. The topological polar surface area (TPSA) is 106 Å². The van der Waals surface area contributed by atoms with E-state index in [9.17, 15) is 29.6 Å². The molecule has 0 saturated carbocycles. The molecule has 7 nitrogen and oxygen atoms in total. The fourth-order valence-corrected chi connectivity index (χ4v) is 11.1. The van der Waals surface area contributed by atoms with Crippen LogP contribution in [-0.4, -0.2) is 31.8 Å². The SMILES string of the molecule is Cc1ccc(S(=O)(=O)N2CC3=C(c4ccccc4)S(=O)(=O)C(S(=O)(=O)c4ccc(F)cc4)=C3c3ccccc32)cc1. The van der Waals surface area contributed by atoms with Crippen LogP contribution >= 0.6 is 0 Å². The van der Waals surface area contributed by atoms with Crippen LogP contribution in [0.1, 0.15) is 16.7 Å². The Labute approximate surface area is 237 Å². The van der Waals surface area contributed by atoms with E-state index in [2.05, 4.69) is 0 Å². The van der Waals surface area contributed by atoms with Crippen LogP contribution in [0.15, 0.2) is 123 Å². The van der Waals surface area contributed by atoms with E-state index in [0.717, 1.165) is 34.1 Å². The second-order valence-corrected chi connectivity index (χ2v) is 15.5. The lowest BCUT2D eigenvalue weighted by atomic mass is 9.92. The standard InChI is InChI=1S/C30H22FNO6S3/c1-20-11-15-24(16-12-20)41(37,38)32-19-26-28(25-9-5-6-10-27(25)32)30(39(33,34)23-17-13-22(31)14-18-23)40(35,36)29(26)21-7-3-2-4-8-21/h2-18H,19H2,1H3. The lowest BCUT2D eigenvalue weighted by Gasteiger charge is -2.33. The molecule has 0 fully saturated rings. The predicted molar refractivity (Wildman–Crippen MR) is 155 cm³/mol. The van der Waals surface area contributed by atoms with Gasteiger partial charge in [0, 0.05) is 16.7 Å². The molecule has 4 aromatic carbocycles. The molecule has 0 amide bonds. The molecule has 208 valence electrons. The summed E-state index contributed by atoms with van der Waals surface area (Å²) in [5.74, 6) is -0.681. The van der Waals surface area contributed by atoms with Crippen molar-refractivity contribution in [2.24, 2.45) is 0 Å². The number of hydrogen-bond donors (Lipinski definition) is 0. The van der Waals surface area contributed by atoms with Crippen LogP contribution < -0.4 is 4.31 Å². The summed E-state index contributed by atoms with van der Waals surface area (Å²) in [6.07, 6.45) is 0. The summed E-state index contributed by atoms with van der Waals surface area (Å²) < 4.78 is 98.5. The summed E-state index contributed by atoms with van der Waals surface area (Å²) in [6, 6.07) is 24.4. The third kappa shape index (κ3) is 4.23. The summed E-state index contributed by atoms with van der Waals surface area (Å²) >= 11 is 0. The maximum Gasteiger partial charge on any atom is 0.264 e. The highest BCUT2D eigenvalue weighted by atomic mass is 32.3. The zero-order chi connectivity index (χ0) is 29.2. The molecule has 4 aromatic rings. The Hall–Kier alpha value is -4.06. The molecule has 0 unspecified atom stereocenters. The summed E-state index contributed by atoms with van der Waals surface area (Å²) in [6.45, 7) is 1.40. The van der Waals surface area contributed by atoms with Gasteiger partial charge in [-0.15, -0.1) is 0 Å². The van der Waals surface area contributed by atoms with Crippen molar-refractivity contribution < 1.29 is 29.6 Å². The summed E-state index contributed by atoms with van der Waals surface area (Å²) in [4.78, 5) is -0.676. The minimum Gasteiger partial charge on any atom is -0.261 e. The van der Waals surface area contributed by atoms with Crippen LogP contribution in [0.25, 0.3) is 10.5 Å². The number of rotatable bonds is 5. The third-order valence-corrected chi connectivity index (χ3v) is 13.4. The second-order valence-electron chi connectivity index (χ2n) is 9.64. The van der Waals surface area contributed by atoms with Crippen LogP contribution in [-0.2, 0) is 29.7 Å². The molecule has 0 radical (unpaired) electrons. The van der Waals surface area contributed by atoms with Gasteiger partial charge in [-0.1, -0.05) is 66.2 Å². The highest BCUT2D eigenvalue weighted by Crippen LogP contribution is 2.54. The number of para-hydroxylation sites is 1. The van der Waals surface area contributed by atoms with E-state index >= 15 is 0 Å². The molecule has 11 heteroatoms. The van der Waals surface area contributed by atoms with Crippen molar-refractivity contribution >= 4 is 45.9 Å². The van der Waals surface area contributed by atoms with Crippen LogP contribution in [0.4, 0.5) is 10.1 Å². The Morgan fingerprint density at radius 1 is 0.732 bits per heavy atom. The van der Waals surface area contributed by atoms with Crippen molar-refractivity contribution in [1.82, 2.24) is 0 Å². The molecule has 0 aliphatic carbocycles. The van der Waals surface area contributed by atoms with Crippen molar-refractivity contribution in [2.75, 3.05) is 10.8 Å². The first-order chi connectivity index (χ1) is 19.4. The third-order valence-electron chi connectivity index (χ3n) is 7.05. The minimum absolute atomic E-state index is 0.00667. The van der Waals surface area contributed by atoms with E-state index in [4.69, 9.17) is 0 Å². The van der Waals surface area contributed by atoms with Crippen molar-refractivity contribution in [3.8, 4) is 0 Å². The van der Waals surface area contributed by atoms with E-state index in [1.807, 2.05) is 6.92 Å². The number of sulfonamides is 1. The molecule has 2 aliphatic heterocycles. The van der Waals surface area contributed by atoms with Crippen molar-refractivity contribution in [3.63, 3.8) is 0 Å². The molecule has 0 spiro atoms. The van der Waals surface area contributed by atoms with Gasteiger partial charge in [0.2, 0.25) is 19.7 Å². The van der Waals surface area contributed by atoms with Crippen LogP contribution in [0.5, 0.6) is 0 Å². The van der Waals surface area contributed by atoms with Gasteiger partial charge >= 0.3 is 0 Å². The predicted octanol–water partition coefficient (Wildman–Crippen LogP) is 5.33. The van der Waals surface area contributed by atoms with Gasteiger partial charge in [0.1, 0.15) is 5.82 Å². The van der Waals surface area contributed by atoms with E-state index in [0.29, 0.717) is 0 Å². The first kappa shape index (κ1) is 27.1. The number of nitrogens with zero attached hydrogens (tertiary/aromatic N) is 1. The minimum atomic E-state index is -4.71. The van der Waals surface area contributed by atoms with E-state index in [1.165, 1.54) is 36.4 Å². The fourth-order valence-electron chi connectivity index (χ4n) is 5.15. The van der Waals surface area contributed by atoms with Gasteiger partial charge < -0.3 is 0 Å². The van der Waals surface area contributed by atoms with Crippen molar-refractivity contribution in [2.45, 2.75) is 16.7 Å². The molecule has 0 aromatic heterocycles. The second kappa shape index (κ2) is 9.51. The van der Waals surface area contributed by atoms with Gasteiger partial charge in [0.15, 0.2) is 4.24 Å². The maximum atomic E-state index is 14.3. The molecule has 0 atom stereocenters. The summed E-state index contributed by atoms with van der Waals surface area (Å²) in [5, 5.41) is 0. The highest BCUT2D eigenvalue weighted by Gasteiger charge is 2.50. The number of halogens is 1. The normalized spacial score (nSPS) is 16.5. The molecule has 2 heterocycles. The number of sulfone groups is 2. The number of anilines is 1. The van der Waals surface area contributed by atoms with Gasteiger partial charge in [0.25, 0.3) is 10.0 Å². The molecular weight excluding hydrogens is 586 g/mol. The lowest BCUT2D eigenvalue weighted by molar-refractivity contribution is 0.591. The average molecular weight is 608 g/mol. The van der Waals surface area contributed by atoms with E-state index in [-0.39, 0.29) is 37.8 Å². The zero-order valence-electron chi connectivity index (χ0n) is 21.5. The molecule has 41 heavy (non-hydrogen) atoms. The number of aryl methyl sites for hydroxylation is 1. The smallest absolute Gasteiger partial charge is 0.261 e. The lowest BCUT2D eigenvalue weighted by Crippen LogP contribution is -2.36. The Kier molecular flexibility index (Phi) is 6.29. The average Bonchev–Trinajstić information content (AvgIpc) is 3.20. The molecule has 0 N–H and O–H groups in total. The van der Waals surface area contributed by atoms with Gasteiger partial charge in [-0.3, -0.25) is 4.31 Å². The Morgan fingerprint density at radius 3 is 1.98 bits per heavy atom. The monoisotopic (exact) mass is 607 g/mol. The summed E-state index contributed by atoms with van der Waals surface area (Å²) in [7, 11) is -13.6. The van der Waals surface area contributed by atoms with Crippen LogP contribution in [0.3, 0.4) is 0 Å². The van der Waals surface area contributed by atoms with Crippen LogP contribution in [0, 0.1) is 12.7 Å². The Bertz CT molecular complexity index is 2100. The first-order valence-corrected chi connectivity index (χ1v) is 16.8. The number of benzene rings is 4. The Balaban J connectivity index is 1.69. The summed E-state index contributed by atoms with van der Waals surface area (Å²) in [5.41, 5.74) is 1.32. The number of fused-ring (bicyclic) bond motifs is 3. The largest absolute Gasteiger partial charge is 0.264 e. The fraction of sp³-hybridized carbons (Fsp3) is 0.0667. The molecular formula is C30H22FNO6S3. The van der Waals surface area contributed by atoms with Crippen molar-refractivity contribution in [1.29, 1.82) is 0 Å². The molecule has 2 aliphatic rings. The van der Waals surface area contributed by atoms with Gasteiger partial charge in [-0.25, -0.2) is 29.6 Å². The zero-order valence-corrected chi connectivity index (χ0v) is 24.0. The van der Waals surface area contributed by atoms with Crippen molar-refractivity contribution in [3.05, 3.63) is 135 Å². The maximum absolute atomic E-state index is 14.3. The van der Waals surface area contributed by atoms with Gasteiger partial charge in [-0.05, 0) is 55.0 Å². The molecule has 0 bridgehead atoms. The van der Waals surface area contributed by atoms with E-state index < -0.39 is 51.2 Å². The molecule has 6 rings (SSSR count). The number of hydrogen-bond acceptors (Lipinski definition) is 6. The first-order valence-electron chi connectivity index (χ1n) is 12.4. The van der Waals surface area contributed by atoms with Crippen LogP contribution in [0.2, 0.25) is 0 Å². The molecule has 0 saturated heterocycles. The van der Waals surface area contributed by atoms with Gasteiger partial charge in [-0.2, -0.15) is 0 Å². The van der Waals surface area contributed by atoms with Gasteiger partial charge in [0.05, 0.1) is 26.9 Å². The quantitative estimate of drug-likeness (QED) is 0.284. The Morgan fingerprint density at radius 2 is 1.32 bits per heavy atom. The van der Waals surface area contributed by atoms with E-state index in [1.54, 1.807) is 42.5 Å².